The van der Waals surface area contributed by atoms with Crippen LogP contribution in [0.2, 0.25) is 0 Å². The van der Waals surface area contributed by atoms with Crippen molar-refractivity contribution in [3.63, 3.8) is 0 Å². The second-order valence-electron chi connectivity index (χ2n) is 4.73. The lowest BCUT2D eigenvalue weighted by atomic mass is 10.1. The van der Waals surface area contributed by atoms with Gasteiger partial charge in [-0.15, -0.1) is 0 Å². The van der Waals surface area contributed by atoms with Crippen LogP contribution in [-0.2, 0) is 11.3 Å². The van der Waals surface area contributed by atoms with E-state index in [-0.39, 0.29) is 5.84 Å². The first-order valence-electron chi connectivity index (χ1n) is 6.28. The maximum Gasteiger partial charge on any atom is 0.170 e. The Hall–Kier alpha value is -1.55. The normalized spacial score (nSPS) is 12.1. The summed E-state index contributed by atoms with van der Waals surface area (Å²) >= 11 is 0. The van der Waals surface area contributed by atoms with Crippen molar-refractivity contribution in [1.82, 2.24) is 0 Å². The average Bonchev–Trinajstić information content (AvgIpc) is 2.37. The van der Waals surface area contributed by atoms with Crippen molar-refractivity contribution in [3.8, 4) is 0 Å². The molecule has 0 aliphatic rings. The van der Waals surface area contributed by atoms with E-state index in [9.17, 15) is 0 Å². The highest BCUT2D eigenvalue weighted by Crippen LogP contribution is 2.11. The Labute approximate surface area is 108 Å². The molecule has 0 radical (unpaired) electrons. The standard InChI is InChI=1S/C14H22N2O2/c1-11(2)6-5-9-18-10-12-7-3-4-8-13(12)14(15)16-17/h3-4,7-8,11,17H,5-6,9-10H2,1-2H3,(H2,15,16). The Balaban J connectivity index is 2.47. The van der Waals surface area contributed by atoms with E-state index < -0.39 is 0 Å². The van der Waals surface area contributed by atoms with Gasteiger partial charge in [0.2, 0.25) is 0 Å². The molecule has 4 heteroatoms. The van der Waals surface area contributed by atoms with Gasteiger partial charge < -0.3 is 15.7 Å². The minimum atomic E-state index is 0.122. The Morgan fingerprint density at radius 3 is 2.78 bits per heavy atom. The van der Waals surface area contributed by atoms with Crippen molar-refractivity contribution < 1.29 is 9.94 Å². The van der Waals surface area contributed by atoms with Crippen molar-refractivity contribution in [2.45, 2.75) is 33.3 Å². The summed E-state index contributed by atoms with van der Waals surface area (Å²) in [7, 11) is 0. The number of hydrogen-bond donors (Lipinski definition) is 2. The predicted octanol–water partition coefficient (Wildman–Crippen LogP) is 2.73. The summed E-state index contributed by atoms with van der Waals surface area (Å²) in [4.78, 5) is 0. The quantitative estimate of drug-likeness (QED) is 0.257. The maximum atomic E-state index is 8.71. The third kappa shape index (κ3) is 4.75. The molecule has 0 bridgehead atoms. The molecule has 1 aromatic rings. The third-order valence-electron chi connectivity index (χ3n) is 2.73. The molecule has 0 saturated carbocycles. The van der Waals surface area contributed by atoms with E-state index in [0.29, 0.717) is 12.5 Å². The molecule has 18 heavy (non-hydrogen) atoms. The zero-order valence-electron chi connectivity index (χ0n) is 11.1. The van der Waals surface area contributed by atoms with Crippen LogP contribution in [0.25, 0.3) is 0 Å². The van der Waals surface area contributed by atoms with Crippen molar-refractivity contribution >= 4 is 5.84 Å². The van der Waals surface area contributed by atoms with Crippen LogP contribution in [0.5, 0.6) is 0 Å². The maximum absolute atomic E-state index is 8.71. The molecule has 1 rings (SSSR count). The summed E-state index contributed by atoms with van der Waals surface area (Å²) in [5, 5.41) is 11.7. The first-order valence-corrected chi connectivity index (χ1v) is 6.28. The number of nitrogens with zero attached hydrogens (tertiary/aromatic N) is 1. The number of benzene rings is 1. The van der Waals surface area contributed by atoms with E-state index in [2.05, 4.69) is 19.0 Å². The lowest BCUT2D eigenvalue weighted by Crippen LogP contribution is -2.16. The van der Waals surface area contributed by atoms with E-state index in [1.54, 1.807) is 0 Å². The van der Waals surface area contributed by atoms with E-state index >= 15 is 0 Å². The molecule has 0 aliphatic heterocycles. The van der Waals surface area contributed by atoms with Crippen LogP contribution in [0.3, 0.4) is 0 Å². The fraction of sp³-hybridized carbons (Fsp3) is 0.500. The van der Waals surface area contributed by atoms with Crippen LogP contribution in [0, 0.1) is 5.92 Å². The average molecular weight is 250 g/mol. The van der Waals surface area contributed by atoms with E-state index in [4.69, 9.17) is 15.7 Å². The van der Waals surface area contributed by atoms with Gasteiger partial charge in [-0.2, -0.15) is 0 Å². The molecule has 0 spiro atoms. The molecule has 1 aromatic carbocycles. The number of oxime groups is 1. The third-order valence-corrected chi connectivity index (χ3v) is 2.73. The van der Waals surface area contributed by atoms with Gasteiger partial charge in [-0.05, 0) is 24.3 Å². The summed E-state index contributed by atoms with van der Waals surface area (Å²) in [6.45, 7) is 5.63. The second-order valence-corrected chi connectivity index (χ2v) is 4.73. The van der Waals surface area contributed by atoms with Crippen LogP contribution in [-0.4, -0.2) is 17.6 Å². The highest BCUT2D eigenvalue weighted by atomic mass is 16.5. The summed E-state index contributed by atoms with van der Waals surface area (Å²) < 4.78 is 5.61. The molecule has 0 aliphatic carbocycles. The predicted molar refractivity (Wildman–Crippen MR) is 72.7 cm³/mol. The van der Waals surface area contributed by atoms with Crippen LogP contribution < -0.4 is 5.73 Å². The lowest BCUT2D eigenvalue weighted by Gasteiger charge is -2.09. The van der Waals surface area contributed by atoms with Gasteiger partial charge in [0, 0.05) is 12.2 Å². The fourth-order valence-electron chi connectivity index (χ4n) is 1.73. The van der Waals surface area contributed by atoms with Crippen molar-refractivity contribution in [1.29, 1.82) is 0 Å². The fourth-order valence-corrected chi connectivity index (χ4v) is 1.73. The monoisotopic (exact) mass is 250 g/mol. The molecule has 100 valence electrons. The molecule has 0 unspecified atom stereocenters. The molecule has 0 heterocycles. The largest absolute Gasteiger partial charge is 0.409 e. The Morgan fingerprint density at radius 1 is 1.39 bits per heavy atom. The highest BCUT2D eigenvalue weighted by Gasteiger charge is 2.06. The number of rotatable bonds is 7. The number of hydrogen-bond acceptors (Lipinski definition) is 3. The van der Waals surface area contributed by atoms with E-state index in [0.717, 1.165) is 24.2 Å². The molecule has 4 nitrogen and oxygen atoms in total. The molecule has 0 amide bonds. The summed E-state index contributed by atoms with van der Waals surface area (Å²) in [6, 6.07) is 7.52. The zero-order chi connectivity index (χ0) is 13.4. The smallest absolute Gasteiger partial charge is 0.170 e. The topological polar surface area (TPSA) is 67.8 Å². The Kier molecular flexibility index (Phi) is 6.22. The molecule has 0 saturated heterocycles. The molecular formula is C14H22N2O2. The minimum absolute atomic E-state index is 0.122. The van der Waals surface area contributed by atoms with Crippen molar-refractivity contribution in [2.24, 2.45) is 16.8 Å². The molecular weight excluding hydrogens is 228 g/mol. The van der Waals surface area contributed by atoms with Gasteiger partial charge in [-0.25, -0.2) is 0 Å². The van der Waals surface area contributed by atoms with Crippen LogP contribution >= 0.6 is 0 Å². The van der Waals surface area contributed by atoms with Gasteiger partial charge in [0.05, 0.1) is 6.61 Å². The van der Waals surface area contributed by atoms with Crippen molar-refractivity contribution in [3.05, 3.63) is 35.4 Å². The Morgan fingerprint density at radius 2 is 2.11 bits per heavy atom. The summed E-state index contributed by atoms with van der Waals surface area (Å²) in [5.74, 6) is 0.828. The van der Waals surface area contributed by atoms with Crippen molar-refractivity contribution in [2.75, 3.05) is 6.61 Å². The molecule has 0 fully saturated rings. The van der Waals surface area contributed by atoms with Gasteiger partial charge in [-0.3, -0.25) is 0 Å². The van der Waals surface area contributed by atoms with Gasteiger partial charge >= 0.3 is 0 Å². The molecule has 3 N–H and O–H groups in total. The zero-order valence-corrected chi connectivity index (χ0v) is 11.1. The van der Waals surface area contributed by atoms with Gasteiger partial charge in [0.15, 0.2) is 5.84 Å². The van der Waals surface area contributed by atoms with Gasteiger partial charge in [0.1, 0.15) is 0 Å². The van der Waals surface area contributed by atoms with Crippen LogP contribution in [0.1, 0.15) is 37.8 Å². The van der Waals surface area contributed by atoms with E-state index in [1.807, 2.05) is 24.3 Å². The summed E-state index contributed by atoms with van der Waals surface area (Å²) in [6.07, 6.45) is 2.23. The Bertz CT molecular complexity index is 389. The SMILES string of the molecule is CC(C)CCCOCc1ccccc1/C(N)=N/O. The second kappa shape index (κ2) is 7.71. The van der Waals surface area contributed by atoms with Crippen LogP contribution in [0.15, 0.2) is 29.4 Å². The van der Waals surface area contributed by atoms with Crippen LogP contribution in [0.4, 0.5) is 0 Å². The molecule has 0 aromatic heterocycles. The number of ether oxygens (including phenoxy) is 1. The summed E-state index contributed by atoms with van der Waals surface area (Å²) in [5.41, 5.74) is 7.28. The van der Waals surface area contributed by atoms with E-state index in [1.165, 1.54) is 6.42 Å². The first-order chi connectivity index (χ1) is 8.65. The van der Waals surface area contributed by atoms with Gasteiger partial charge in [0.25, 0.3) is 0 Å². The minimum Gasteiger partial charge on any atom is -0.409 e. The van der Waals surface area contributed by atoms with Gasteiger partial charge in [-0.1, -0.05) is 43.3 Å². The first kappa shape index (κ1) is 14.5. The number of nitrogens with two attached hydrogens (primary N) is 1. The number of amidine groups is 1. The lowest BCUT2D eigenvalue weighted by molar-refractivity contribution is 0.115. The highest BCUT2D eigenvalue weighted by molar-refractivity contribution is 5.98. The molecule has 0 atom stereocenters.